The van der Waals surface area contributed by atoms with E-state index in [4.69, 9.17) is 0 Å². The van der Waals surface area contributed by atoms with E-state index in [1.165, 1.54) is 16.5 Å². The fourth-order valence-electron chi connectivity index (χ4n) is 3.23. The Morgan fingerprint density at radius 3 is 2.70 bits per heavy atom. The highest BCUT2D eigenvalue weighted by Gasteiger charge is 2.26. The molecular weight excluding hydrogens is 246 g/mol. The maximum Gasteiger partial charge on any atom is 0.137 e. The second-order valence-corrected chi connectivity index (χ2v) is 5.59. The third-order valence-corrected chi connectivity index (χ3v) is 4.36. The second-order valence-electron chi connectivity index (χ2n) is 5.59. The van der Waals surface area contributed by atoms with Crippen molar-refractivity contribution in [3.8, 4) is 0 Å². The van der Waals surface area contributed by atoms with E-state index in [9.17, 15) is 4.79 Å². The molecule has 3 rings (SSSR count). The van der Waals surface area contributed by atoms with Crippen molar-refractivity contribution in [2.45, 2.75) is 26.2 Å². The first-order valence-corrected chi connectivity index (χ1v) is 7.55. The van der Waals surface area contributed by atoms with Crippen molar-refractivity contribution >= 4 is 22.2 Å². The van der Waals surface area contributed by atoms with Crippen LogP contribution in [0.15, 0.2) is 42.5 Å². The van der Waals surface area contributed by atoms with Crippen LogP contribution in [-0.2, 0) is 4.79 Å². The molecule has 0 spiro atoms. The van der Waals surface area contributed by atoms with Gasteiger partial charge in [0.1, 0.15) is 5.78 Å². The molecule has 20 heavy (non-hydrogen) atoms. The number of hydrogen-bond acceptors (Lipinski definition) is 2. The van der Waals surface area contributed by atoms with Crippen molar-refractivity contribution < 1.29 is 4.79 Å². The summed E-state index contributed by atoms with van der Waals surface area (Å²) in [6, 6.07) is 14.9. The monoisotopic (exact) mass is 267 g/mol. The van der Waals surface area contributed by atoms with Crippen molar-refractivity contribution in [3.05, 3.63) is 42.5 Å². The summed E-state index contributed by atoms with van der Waals surface area (Å²) in [5, 5.41) is 2.54. The van der Waals surface area contributed by atoms with Gasteiger partial charge in [-0.3, -0.25) is 4.79 Å². The molecule has 1 aliphatic carbocycles. The summed E-state index contributed by atoms with van der Waals surface area (Å²) in [4.78, 5) is 14.3. The lowest BCUT2D eigenvalue weighted by Crippen LogP contribution is -2.31. The fraction of sp³-hybridized carbons (Fsp3) is 0.389. The van der Waals surface area contributed by atoms with Crippen LogP contribution in [0, 0.1) is 5.92 Å². The summed E-state index contributed by atoms with van der Waals surface area (Å²) in [5.41, 5.74) is 1.25. The first-order chi connectivity index (χ1) is 9.79. The highest BCUT2D eigenvalue weighted by Crippen LogP contribution is 2.29. The third-order valence-electron chi connectivity index (χ3n) is 4.36. The zero-order valence-electron chi connectivity index (χ0n) is 12.0. The number of ketones is 1. The first kappa shape index (κ1) is 13.2. The van der Waals surface area contributed by atoms with Gasteiger partial charge in [-0.05, 0) is 31.2 Å². The van der Waals surface area contributed by atoms with E-state index in [0.29, 0.717) is 5.78 Å². The number of hydrogen-bond donors (Lipinski definition) is 0. The Bertz CT molecular complexity index is 614. The molecule has 1 unspecified atom stereocenters. The maximum absolute atomic E-state index is 11.9. The first-order valence-electron chi connectivity index (χ1n) is 7.55. The topological polar surface area (TPSA) is 20.3 Å². The van der Waals surface area contributed by atoms with Gasteiger partial charge in [0.2, 0.25) is 0 Å². The molecule has 2 aromatic carbocycles. The predicted molar refractivity (Wildman–Crippen MR) is 84.2 cm³/mol. The molecule has 0 heterocycles. The Balaban J connectivity index is 1.93. The van der Waals surface area contributed by atoms with Crippen LogP contribution in [0.5, 0.6) is 0 Å². The molecule has 1 saturated carbocycles. The lowest BCUT2D eigenvalue weighted by atomic mass is 10.0. The standard InChI is InChI=1S/C18H21NO/c1-2-19(13-15-9-6-12-18(15)20)17-11-5-8-14-7-3-4-10-16(14)17/h3-5,7-8,10-11,15H,2,6,9,12-13H2,1H3. The highest BCUT2D eigenvalue weighted by molar-refractivity contribution is 5.94. The molecule has 1 atom stereocenters. The van der Waals surface area contributed by atoms with Gasteiger partial charge in [-0.2, -0.15) is 0 Å². The van der Waals surface area contributed by atoms with Crippen LogP contribution in [0.1, 0.15) is 26.2 Å². The van der Waals surface area contributed by atoms with Crippen molar-refractivity contribution in [2.24, 2.45) is 5.92 Å². The number of carbonyl (C=O) groups excluding carboxylic acids is 1. The second kappa shape index (κ2) is 5.66. The Morgan fingerprint density at radius 1 is 1.15 bits per heavy atom. The van der Waals surface area contributed by atoms with Crippen LogP contribution < -0.4 is 4.90 Å². The molecule has 0 amide bonds. The molecular formula is C18H21NO. The summed E-state index contributed by atoms with van der Waals surface area (Å²) < 4.78 is 0. The normalized spacial score (nSPS) is 18.6. The molecule has 2 aromatic rings. The summed E-state index contributed by atoms with van der Waals surface area (Å²) in [6.07, 6.45) is 2.90. The van der Waals surface area contributed by atoms with Gasteiger partial charge in [0.15, 0.2) is 0 Å². The Hall–Kier alpha value is -1.83. The number of fused-ring (bicyclic) bond motifs is 1. The minimum atomic E-state index is 0.230. The lowest BCUT2D eigenvalue weighted by molar-refractivity contribution is -0.120. The molecule has 0 bridgehead atoms. The number of anilines is 1. The average molecular weight is 267 g/mol. The molecule has 0 radical (unpaired) electrons. The number of Topliss-reactive ketones (excluding diaryl/α,β-unsaturated/α-hetero) is 1. The summed E-state index contributed by atoms with van der Waals surface area (Å²) in [5.74, 6) is 0.678. The SMILES string of the molecule is CCN(CC1CCCC1=O)c1cccc2ccccc12. The Kier molecular flexibility index (Phi) is 3.72. The smallest absolute Gasteiger partial charge is 0.137 e. The lowest BCUT2D eigenvalue weighted by Gasteiger charge is -2.27. The van der Waals surface area contributed by atoms with Crippen molar-refractivity contribution in [1.82, 2.24) is 0 Å². The van der Waals surface area contributed by atoms with Gasteiger partial charge in [-0.1, -0.05) is 36.4 Å². The molecule has 0 N–H and O–H groups in total. The summed E-state index contributed by atoms with van der Waals surface area (Å²) in [7, 11) is 0. The van der Waals surface area contributed by atoms with E-state index in [1.54, 1.807) is 0 Å². The third kappa shape index (κ3) is 2.43. The van der Waals surface area contributed by atoms with Gasteiger partial charge in [0.25, 0.3) is 0 Å². The van der Waals surface area contributed by atoms with E-state index in [0.717, 1.165) is 32.4 Å². The molecule has 0 saturated heterocycles. The molecule has 0 aromatic heterocycles. The Labute approximate surface area is 120 Å². The van der Waals surface area contributed by atoms with Gasteiger partial charge in [0, 0.05) is 36.5 Å². The fourth-order valence-corrected chi connectivity index (χ4v) is 3.23. The van der Waals surface area contributed by atoms with E-state index >= 15 is 0 Å². The van der Waals surface area contributed by atoms with Crippen LogP contribution in [0.2, 0.25) is 0 Å². The van der Waals surface area contributed by atoms with Crippen molar-refractivity contribution in [3.63, 3.8) is 0 Å². The number of benzene rings is 2. The van der Waals surface area contributed by atoms with E-state index < -0.39 is 0 Å². The zero-order chi connectivity index (χ0) is 13.9. The van der Waals surface area contributed by atoms with Gasteiger partial charge in [-0.15, -0.1) is 0 Å². The number of rotatable bonds is 4. The zero-order valence-corrected chi connectivity index (χ0v) is 12.0. The predicted octanol–water partition coefficient (Wildman–Crippen LogP) is 4.04. The number of carbonyl (C=O) groups is 1. The van der Waals surface area contributed by atoms with E-state index in [2.05, 4.69) is 54.3 Å². The van der Waals surface area contributed by atoms with Crippen molar-refractivity contribution in [2.75, 3.05) is 18.0 Å². The van der Waals surface area contributed by atoms with Gasteiger partial charge in [0.05, 0.1) is 0 Å². The molecule has 1 fully saturated rings. The van der Waals surface area contributed by atoms with Crippen molar-refractivity contribution in [1.29, 1.82) is 0 Å². The van der Waals surface area contributed by atoms with Crippen LogP contribution in [0.4, 0.5) is 5.69 Å². The minimum absolute atomic E-state index is 0.230. The quantitative estimate of drug-likeness (QED) is 0.833. The average Bonchev–Trinajstić information content (AvgIpc) is 2.89. The summed E-state index contributed by atoms with van der Waals surface area (Å²) >= 11 is 0. The van der Waals surface area contributed by atoms with Gasteiger partial charge >= 0.3 is 0 Å². The van der Waals surface area contributed by atoms with Crippen LogP contribution >= 0.6 is 0 Å². The van der Waals surface area contributed by atoms with Crippen LogP contribution in [-0.4, -0.2) is 18.9 Å². The van der Waals surface area contributed by atoms with Gasteiger partial charge in [-0.25, -0.2) is 0 Å². The molecule has 2 nitrogen and oxygen atoms in total. The largest absolute Gasteiger partial charge is 0.371 e. The number of nitrogens with zero attached hydrogens (tertiary/aromatic N) is 1. The maximum atomic E-state index is 11.9. The Morgan fingerprint density at radius 2 is 1.95 bits per heavy atom. The minimum Gasteiger partial charge on any atom is -0.371 e. The molecule has 1 aliphatic rings. The highest BCUT2D eigenvalue weighted by atomic mass is 16.1. The van der Waals surface area contributed by atoms with E-state index in [1.807, 2.05) is 0 Å². The summed E-state index contributed by atoms with van der Waals surface area (Å²) in [6.45, 7) is 3.97. The molecule has 104 valence electrons. The molecule has 0 aliphatic heterocycles. The van der Waals surface area contributed by atoms with Crippen LogP contribution in [0.25, 0.3) is 10.8 Å². The van der Waals surface area contributed by atoms with Crippen LogP contribution in [0.3, 0.4) is 0 Å². The molecule has 2 heteroatoms. The van der Waals surface area contributed by atoms with Gasteiger partial charge < -0.3 is 4.90 Å². The van der Waals surface area contributed by atoms with E-state index in [-0.39, 0.29) is 5.92 Å².